The monoisotopic (exact) mass is 415 g/mol. The molecule has 0 bridgehead atoms. The van der Waals surface area contributed by atoms with Crippen LogP contribution in [0.25, 0.3) is 0 Å². The van der Waals surface area contributed by atoms with E-state index < -0.39 is 72.7 Å². The molecule has 0 aromatic heterocycles. The van der Waals surface area contributed by atoms with Crippen LogP contribution in [-0.4, -0.2) is 82.0 Å². The fourth-order valence-corrected chi connectivity index (χ4v) is 3.04. The number of aliphatic hydroxyl groups excluding tert-OH is 1. The van der Waals surface area contributed by atoms with Gasteiger partial charge in [0.2, 0.25) is 23.6 Å². The summed E-state index contributed by atoms with van der Waals surface area (Å²) in [5.41, 5.74) is 10.6. The molecule has 29 heavy (non-hydrogen) atoms. The standard InChI is InChI=1S/C17H29N5O7/c1-8(2)13(21-14(25)9(18)6-12(19)24)15(26)20-10(7-23)16(27)22-5-3-4-11(22)17(28)29/h8-11,13,23H,3-7,18H2,1-2H3,(H2,19,24)(H,20,26)(H,21,25)(H,28,29). The molecule has 0 aromatic rings. The van der Waals surface area contributed by atoms with E-state index in [9.17, 15) is 34.2 Å². The van der Waals surface area contributed by atoms with Gasteiger partial charge in [0.05, 0.1) is 19.1 Å². The molecule has 0 spiro atoms. The lowest BCUT2D eigenvalue weighted by atomic mass is 10.0. The largest absolute Gasteiger partial charge is 0.480 e. The summed E-state index contributed by atoms with van der Waals surface area (Å²) in [6.45, 7) is 2.74. The summed E-state index contributed by atoms with van der Waals surface area (Å²) < 4.78 is 0. The van der Waals surface area contributed by atoms with Crippen LogP contribution in [-0.2, 0) is 24.0 Å². The maximum Gasteiger partial charge on any atom is 0.326 e. The predicted molar refractivity (Wildman–Crippen MR) is 99.9 cm³/mol. The molecule has 4 atom stereocenters. The highest BCUT2D eigenvalue weighted by Crippen LogP contribution is 2.18. The number of aliphatic carboxylic acids is 1. The molecule has 8 N–H and O–H groups in total. The van der Waals surface area contributed by atoms with E-state index >= 15 is 0 Å². The average Bonchev–Trinajstić information content (AvgIpc) is 3.12. The van der Waals surface area contributed by atoms with E-state index in [0.717, 1.165) is 4.90 Å². The van der Waals surface area contributed by atoms with Crippen LogP contribution in [0.3, 0.4) is 0 Å². The number of hydrogen-bond donors (Lipinski definition) is 6. The van der Waals surface area contributed by atoms with Crippen molar-refractivity contribution in [1.29, 1.82) is 0 Å². The number of nitrogens with zero attached hydrogens (tertiary/aromatic N) is 1. The maximum absolute atomic E-state index is 12.6. The highest BCUT2D eigenvalue weighted by Gasteiger charge is 2.38. The van der Waals surface area contributed by atoms with Crippen LogP contribution in [0, 0.1) is 5.92 Å². The lowest BCUT2D eigenvalue weighted by Crippen LogP contribution is -2.59. The van der Waals surface area contributed by atoms with Gasteiger partial charge in [0.25, 0.3) is 0 Å². The third-order valence-corrected chi connectivity index (χ3v) is 4.62. The van der Waals surface area contributed by atoms with Crippen molar-refractivity contribution >= 4 is 29.6 Å². The molecule has 4 amide bonds. The molecule has 12 heteroatoms. The van der Waals surface area contributed by atoms with Crippen molar-refractivity contribution in [3.63, 3.8) is 0 Å². The van der Waals surface area contributed by atoms with E-state index in [4.69, 9.17) is 11.5 Å². The van der Waals surface area contributed by atoms with Crippen LogP contribution in [0.15, 0.2) is 0 Å². The van der Waals surface area contributed by atoms with Gasteiger partial charge in [-0.05, 0) is 18.8 Å². The first-order valence-corrected chi connectivity index (χ1v) is 9.28. The first-order chi connectivity index (χ1) is 13.5. The molecule has 1 saturated heterocycles. The van der Waals surface area contributed by atoms with Gasteiger partial charge in [-0.25, -0.2) is 4.79 Å². The Labute approximate surface area is 168 Å². The number of likely N-dealkylation sites (tertiary alicyclic amines) is 1. The van der Waals surface area contributed by atoms with E-state index in [0.29, 0.717) is 6.42 Å². The van der Waals surface area contributed by atoms with E-state index in [-0.39, 0.29) is 13.0 Å². The fourth-order valence-electron chi connectivity index (χ4n) is 3.04. The maximum atomic E-state index is 12.6. The number of nitrogens with one attached hydrogen (secondary N) is 2. The van der Waals surface area contributed by atoms with Crippen molar-refractivity contribution in [2.24, 2.45) is 17.4 Å². The van der Waals surface area contributed by atoms with Crippen LogP contribution in [0.2, 0.25) is 0 Å². The predicted octanol–water partition coefficient (Wildman–Crippen LogP) is -3.12. The Kier molecular flexibility index (Phi) is 8.98. The third kappa shape index (κ3) is 6.68. The molecule has 4 unspecified atom stereocenters. The van der Waals surface area contributed by atoms with Crippen molar-refractivity contribution in [3.05, 3.63) is 0 Å². The number of nitrogens with two attached hydrogens (primary N) is 2. The number of amides is 4. The molecule has 12 nitrogen and oxygen atoms in total. The number of primary amides is 1. The van der Waals surface area contributed by atoms with Gasteiger partial charge in [-0.2, -0.15) is 0 Å². The molecule has 164 valence electrons. The van der Waals surface area contributed by atoms with Crippen LogP contribution >= 0.6 is 0 Å². The molecule has 0 radical (unpaired) electrons. The second-order valence-corrected chi connectivity index (χ2v) is 7.28. The van der Waals surface area contributed by atoms with Crippen molar-refractivity contribution in [1.82, 2.24) is 15.5 Å². The van der Waals surface area contributed by atoms with E-state index in [1.165, 1.54) is 0 Å². The highest BCUT2D eigenvalue weighted by atomic mass is 16.4. The minimum Gasteiger partial charge on any atom is -0.480 e. The Morgan fingerprint density at radius 1 is 1.14 bits per heavy atom. The highest BCUT2D eigenvalue weighted by molar-refractivity contribution is 5.95. The molecule has 1 rings (SSSR count). The number of carbonyl (C=O) groups excluding carboxylic acids is 4. The summed E-state index contributed by atoms with van der Waals surface area (Å²) in [6, 6.07) is -4.71. The summed E-state index contributed by atoms with van der Waals surface area (Å²) in [5, 5.41) is 23.5. The Morgan fingerprint density at radius 2 is 1.76 bits per heavy atom. The van der Waals surface area contributed by atoms with Crippen LogP contribution in [0.4, 0.5) is 0 Å². The number of aliphatic hydroxyl groups is 1. The first-order valence-electron chi connectivity index (χ1n) is 9.28. The van der Waals surface area contributed by atoms with Crippen molar-refractivity contribution in [2.75, 3.05) is 13.2 Å². The Morgan fingerprint density at radius 3 is 2.24 bits per heavy atom. The van der Waals surface area contributed by atoms with Gasteiger partial charge in [-0.3, -0.25) is 19.2 Å². The molecule has 1 aliphatic heterocycles. The average molecular weight is 415 g/mol. The second-order valence-electron chi connectivity index (χ2n) is 7.28. The molecule has 1 heterocycles. The molecule has 1 aliphatic rings. The van der Waals surface area contributed by atoms with Crippen molar-refractivity contribution in [3.8, 4) is 0 Å². The topological polar surface area (TPSA) is 205 Å². The van der Waals surface area contributed by atoms with E-state index in [1.54, 1.807) is 13.8 Å². The van der Waals surface area contributed by atoms with Crippen molar-refractivity contribution < 1.29 is 34.2 Å². The zero-order valence-corrected chi connectivity index (χ0v) is 16.5. The smallest absolute Gasteiger partial charge is 0.326 e. The minimum absolute atomic E-state index is 0.203. The number of carboxylic acid groups (broad SMARTS) is 1. The first kappa shape index (κ1) is 24.3. The second kappa shape index (κ2) is 10.7. The molecule has 1 fully saturated rings. The van der Waals surface area contributed by atoms with Gasteiger partial charge in [0.1, 0.15) is 18.1 Å². The Bertz CT molecular complexity index is 654. The number of carbonyl (C=O) groups is 5. The lowest BCUT2D eigenvalue weighted by Gasteiger charge is -2.29. The van der Waals surface area contributed by atoms with Gasteiger partial charge in [0.15, 0.2) is 0 Å². The number of rotatable bonds is 10. The van der Waals surface area contributed by atoms with Crippen LogP contribution in [0.1, 0.15) is 33.1 Å². The Hall–Kier alpha value is -2.73. The zero-order chi connectivity index (χ0) is 22.3. The molecule has 0 aliphatic carbocycles. The molecular formula is C17H29N5O7. The van der Waals surface area contributed by atoms with Gasteiger partial charge >= 0.3 is 5.97 Å². The van der Waals surface area contributed by atoms with Crippen LogP contribution < -0.4 is 22.1 Å². The summed E-state index contributed by atoms with van der Waals surface area (Å²) in [6.07, 6.45) is 0.383. The molecular weight excluding hydrogens is 386 g/mol. The summed E-state index contributed by atoms with van der Waals surface area (Å²) in [4.78, 5) is 60.6. The summed E-state index contributed by atoms with van der Waals surface area (Å²) in [7, 11) is 0. The van der Waals surface area contributed by atoms with Gasteiger partial charge in [-0.1, -0.05) is 13.8 Å². The van der Waals surface area contributed by atoms with Gasteiger partial charge in [0, 0.05) is 6.54 Å². The van der Waals surface area contributed by atoms with Crippen LogP contribution in [0.5, 0.6) is 0 Å². The summed E-state index contributed by atoms with van der Waals surface area (Å²) in [5.74, 6) is -4.58. The molecule has 0 aromatic carbocycles. The third-order valence-electron chi connectivity index (χ3n) is 4.62. The van der Waals surface area contributed by atoms with Crippen molar-refractivity contribution in [2.45, 2.75) is 57.3 Å². The fraction of sp³-hybridized carbons (Fsp3) is 0.706. The number of hydrogen-bond acceptors (Lipinski definition) is 7. The minimum atomic E-state index is -1.36. The van der Waals surface area contributed by atoms with E-state index in [1.807, 2.05) is 0 Å². The lowest BCUT2D eigenvalue weighted by molar-refractivity contribution is -0.150. The quantitative estimate of drug-likeness (QED) is 0.215. The van der Waals surface area contributed by atoms with Gasteiger partial charge < -0.3 is 37.2 Å². The summed E-state index contributed by atoms with van der Waals surface area (Å²) >= 11 is 0. The Balaban J connectivity index is 2.83. The van der Waals surface area contributed by atoms with Gasteiger partial charge in [-0.15, -0.1) is 0 Å². The normalized spacial score (nSPS) is 19.3. The number of carboxylic acids is 1. The van der Waals surface area contributed by atoms with E-state index in [2.05, 4.69) is 10.6 Å². The SMILES string of the molecule is CC(C)C(NC(=O)C(N)CC(N)=O)C(=O)NC(CO)C(=O)N1CCCC1C(=O)O. The zero-order valence-electron chi connectivity index (χ0n) is 16.5. The molecule has 0 saturated carbocycles.